The summed E-state index contributed by atoms with van der Waals surface area (Å²) in [5.74, 6) is -0.980. The molecule has 1 amide bonds. The quantitative estimate of drug-likeness (QED) is 0.780. The molecule has 0 aromatic carbocycles. The molecular formula is C12H19NO4. The minimum absolute atomic E-state index is 0.0156. The van der Waals surface area contributed by atoms with Crippen molar-refractivity contribution in [3.8, 4) is 0 Å². The number of hydrogen-bond donors (Lipinski definition) is 1. The van der Waals surface area contributed by atoms with Crippen LogP contribution in [0.3, 0.4) is 0 Å². The van der Waals surface area contributed by atoms with Gasteiger partial charge in [-0.05, 0) is 32.1 Å². The van der Waals surface area contributed by atoms with Crippen LogP contribution in [0.15, 0.2) is 0 Å². The standard InChI is InChI=1S/C12H19NO4/c1-2-7-13(8-3-4-8)11(14)9-5-6-10(17-9)12(15)16/h8-10H,2-7H2,1H3,(H,15,16). The Bertz CT molecular complexity index is 314. The molecule has 1 aliphatic heterocycles. The van der Waals surface area contributed by atoms with Crippen LogP contribution in [-0.4, -0.2) is 46.7 Å². The summed E-state index contributed by atoms with van der Waals surface area (Å²) >= 11 is 0. The first-order valence-corrected chi connectivity index (χ1v) is 6.32. The number of hydrogen-bond acceptors (Lipinski definition) is 3. The second-order valence-corrected chi connectivity index (χ2v) is 4.79. The first kappa shape index (κ1) is 12.4. The monoisotopic (exact) mass is 241 g/mol. The van der Waals surface area contributed by atoms with Crippen molar-refractivity contribution in [1.82, 2.24) is 4.90 Å². The zero-order valence-corrected chi connectivity index (χ0v) is 10.1. The third-order valence-electron chi connectivity index (χ3n) is 3.31. The smallest absolute Gasteiger partial charge is 0.332 e. The van der Waals surface area contributed by atoms with Gasteiger partial charge in [0.2, 0.25) is 0 Å². The van der Waals surface area contributed by atoms with Crippen LogP contribution in [-0.2, 0) is 14.3 Å². The fraction of sp³-hybridized carbons (Fsp3) is 0.833. The molecule has 2 aliphatic rings. The van der Waals surface area contributed by atoms with Crippen molar-refractivity contribution in [2.24, 2.45) is 0 Å². The molecule has 5 nitrogen and oxygen atoms in total. The summed E-state index contributed by atoms with van der Waals surface area (Å²) in [5.41, 5.74) is 0. The van der Waals surface area contributed by atoms with E-state index in [9.17, 15) is 9.59 Å². The summed E-state index contributed by atoms with van der Waals surface area (Å²) in [4.78, 5) is 24.8. The summed E-state index contributed by atoms with van der Waals surface area (Å²) in [7, 11) is 0. The average molecular weight is 241 g/mol. The van der Waals surface area contributed by atoms with Gasteiger partial charge in [0.25, 0.3) is 5.91 Å². The van der Waals surface area contributed by atoms with Crippen molar-refractivity contribution < 1.29 is 19.4 Å². The number of ether oxygens (including phenoxy) is 1. The zero-order chi connectivity index (χ0) is 12.4. The molecule has 0 aromatic heterocycles. The van der Waals surface area contributed by atoms with Gasteiger partial charge in [-0.2, -0.15) is 0 Å². The number of amides is 1. The van der Waals surface area contributed by atoms with Gasteiger partial charge in [-0.25, -0.2) is 4.79 Å². The molecule has 2 atom stereocenters. The third-order valence-corrected chi connectivity index (χ3v) is 3.31. The van der Waals surface area contributed by atoms with Crippen LogP contribution < -0.4 is 0 Å². The van der Waals surface area contributed by atoms with Crippen LogP contribution in [0.5, 0.6) is 0 Å². The second-order valence-electron chi connectivity index (χ2n) is 4.79. The molecule has 2 rings (SSSR count). The largest absolute Gasteiger partial charge is 0.479 e. The molecule has 2 unspecified atom stereocenters. The van der Waals surface area contributed by atoms with Crippen molar-refractivity contribution in [2.75, 3.05) is 6.54 Å². The lowest BCUT2D eigenvalue weighted by Gasteiger charge is -2.24. The van der Waals surface area contributed by atoms with E-state index in [1.54, 1.807) is 0 Å². The van der Waals surface area contributed by atoms with E-state index in [2.05, 4.69) is 0 Å². The lowest BCUT2D eigenvalue weighted by molar-refractivity contribution is -0.155. The molecule has 96 valence electrons. The molecule has 17 heavy (non-hydrogen) atoms. The Morgan fingerprint density at radius 2 is 1.88 bits per heavy atom. The van der Waals surface area contributed by atoms with Gasteiger partial charge in [0.1, 0.15) is 6.10 Å². The molecule has 5 heteroatoms. The predicted molar refractivity (Wildman–Crippen MR) is 60.6 cm³/mol. The van der Waals surface area contributed by atoms with Gasteiger partial charge in [-0.15, -0.1) is 0 Å². The molecule has 2 fully saturated rings. The molecule has 1 saturated heterocycles. The lowest BCUT2D eigenvalue weighted by atomic mass is 10.1. The zero-order valence-electron chi connectivity index (χ0n) is 10.1. The minimum atomic E-state index is -0.964. The molecule has 0 bridgehead atoms. The van der Waals surface area contributed by atoms with Gasteiger partial charge in [0.15, 0.2) is 6.10 Å². The SMILES string of the molecule is CCCN(C(=O)C1CCC(C(=O)O)O1)C1CC1. The summed E-state index contributed by atoms with van der Waals surface area (Å²) in [6.45, 7) is 2.79. The van der Waals surface area contributed by atoms with E-state index < -0.39 is 18.2 Å². The van der Waals surface area contributed by atoms with Crippen molar-refractivity contribution in [3.05, 3.63) is 0 Å². The highest BCUT2D eigenvalue weighted by Crippen LogP contribution is 2.30. The van der Waals surface area contributed by atoms with Gasteiger partial charge in [-0.1, -0.05) is 6.92 Å². The van der Waals surface area contributed by atoms with Gasteiger partial charge >= 0.3 is 5.97 Å². The fourth-order valence-electron chi connectivity index (χ4n) is 2.29. The summed E-state index contributed by atoms with van der Waals surface area (Å²) in [5, 5.41) is 8.83. The average Bonchev–Trinajstić information content (AvgIpc) is 3.00. The number of carbonyl (C=O) groups excluding carboxylic acids is 1. The lowest BCUT2D eigenvalue weighted by Crippen LogP contribution is -2.41. The number of nitrogens with zero attached hydrogens (tertiary/aromatic N) is 1. The molecule has 0 aromatic rings. The Balaban J connectivity index is 1.92. The topological polar surface area (TPSA) is 66.8 Å². The number of rotatable bonds is 5. The Morgan fingerprint density at radius 3 is 2.35 bits per heavy atom. The van der Waals surface area contributed by atoms with E-state index in [0.717, 1.165) is 25.8 Å². The van der Waals surface area contributed by atoms with E-state index in [1.807, 2.05) is 11.8 Å². The van der Waals surface area contributed by atoms with Crippen LogP contribution in [0.25, 0.3) is 0 Å². The highest BCUT2D eigenvalue weighted by atomic mass is 16.5. The van der Waals surface area contributed by atoms with Crippen molar-refractivity contribution in [2.45, 2.75) is 57.3 Å². The second kappa shape index (κ2) is 5.04. The first-order chi connectivity index (χ1) is 8.13. The first-order valence-electron chi connectivity index (χ1n) is 6.32. The summed E-state index contributed by atoms with van der Waals surface area (Å²) in [6, 6.07) is 0.370. The normalized spacial score (nSPS) is 28.1. The van der Waals surface area contributed by atoms with Gasteiger partial charge in [-0.3, -0.25) is 4.79 Å². The highest BCUT2D eigenvalue weighted by molar-refractivity contribution is 5.83. The molecular weight excluding hydrogens is 222 g/mol. The van der Waals surface area contributed by atoms with Crippen molar-refractivity contribution in [3.63, 3.8) is 0 Å². The Morgan fingerprint density at radius 1 is 1.24 bits per heavy atom. The van der Waals surface area contributed by atoms with Crippen molar-refractivity contribution >= 4 is 11.9 Å². The van der Waals surface area contributed by atoms with E-state index in [4.69, 9.17) is 9.84 Å². The summed E-state index contributed by atoms with van der Waals surface area (Å²) < 4.78 is 5.30. The maximum absolute atomic E-state index is 12.2. The number of carbonyl (C=O) groups is 2. The van der Waals surface area contributed by atoms with Gasteiger partial charge in [0, 0.05) is 12.6 Å². The molecule has 1 heterocycles. The van der Waals surface area contributed by atoms with E-state index >= 15 is 0 Å². The van der Waals surface area contributed by atoms with Gasteiger partial charge in [0.05, 0.1) is 0 Å². The van der Waals surface area contributed by atoms with E-state index in [1.165, 1.54) is 0 Å². The van der Waals surface area contributed by atoms with E-state index in [-0.39, 0.29) is 5.91 Å². The van der Waals surface area contributed by atoms with Crippen LogP contribution in [0, 0.1) is 0 Å². The van der Waals surface area contributed by atoms with Crippen LogP contribution in [0.2, 0.25) is 0 Å². The Kier molecular flexibility index (Phi) is 3.66. The fourth-order valence-corrected chi connectivity index (χ4v) is 2.29. The maximum Gasteiger partial charge on any atom is 0.332 e. The number of carboxylic acid groups (broad SMARTS) is 1. The molecule has 0 radical (unpaired) electrons. The predicted octanol–water partition coefficient (Wildman–Crippen LogP) is 1.02. The number of aliphatic carboxylic acids is 1. The molecule has 1 aliphatic carbocycles. The number of carboxylic acids is 1. The third kappa shape index (κ3) is 2.77. The van der Waals surface area contributed by atoms with E-state index in [0.29, 0.717) is 18.9 Å². The highest BCUT2D eigenvalue weighted by Gasteiger charge is 2.40. The van der Waals surface area contributed by atoms with Crippen LogP contribution >= 0.6 is 0 Å². The molecule has 0 spiro atoms. The molecule has 1 saturated carbocycles. The Hall–Kier alpha value is -1.10. The minimum Gasteiger partial charge on any atom is -0.479 e. The van der Waals surface area contributed by atoms with Crippen LogP contribution in [0.4, 0.5) is 0 Å². The molecule has 1 N–H and O–H groups in total. The summed E-state index contributed by atoms with van der Waals surface area (Å²) in [6.07, 6.45) is 2.70. The van der Waals surface area contributed by atoms with Crippen LogP contribution in [0.1, 0.15) is 39.0 Å². The maximum atomic E-state index is 12.2. The van der Waals surface area contributed by atoms with Crippen molar-refractivity contribution in [1.29, 1.82) is 0 Å². The Labute approximate surface area is 101 Å². The van der Waals surface area contributed by atoms with Gasteiger partial charge < -0.3 is 14.7 Å².